The second-order valence-corrected chi connectivity index (χ2v) is 6.88. The highest BCUT2D eigenvalue weighted by Gasteiger charge is 2.13. The van der Waals surface area contributed by atoms with Crippen LogP contribution in [0.3, 0.4) is 0 Å². The minimum Gasteiger partial charge on any atom is -0.349 e. The maximum atomic E-state index is 13.8. The van der Waals surface area contributed by atoms with E-state index < -0.39 is 6.04 Å². The monoisotopic (exact) mass is 417 g/mol. The molecule has 0 radical (unpaired) electrons. The summed E-state index contributed by atoms with van der Waals surface area (Å²) in [5, 5.41) is 3.24. The number of benzene rings is 2. The van der Waals surface area contributed by atoms with Crippen molar-refractivity contribution in [2.45, 2.75) is 25.9 Å². The molecular formula is C19H17BrFN3O2. The Kier molecular flexibility index (Phi) is 5.46. The summed E-state index contributed by atoms with van der Waals surface area (Å²) < 4.78 is 16.0. The molecule has 0 saturated heterocycles. The van der Waals surface area contributed by atoms with Crippen molar-refractivity contribution in [1.29, 1.82) is 0 Å². The number of rotatable bonds is 5. The van der Waals surface area contributed by atoms with Crippen LogP contribution in [0.1, 0.15) is 24.9 Å². The number of hydrogen-bond acceptors (Lipinski definition) is 3. The predicted molar refractivity (Wildman–Crippen MR) is 101 cm³/mol. The number of halogens is 2. The van der Waals surface area contributed by atoms with Crippen LogP contribution in [0.2, 0.25) is 0 Å². The van der Waals surface area contributed by atoms with Crippen molar-refractivity contribution in [3.8, 4) is 0 Å². The van der Waals surface area contributed by atoms with Crippen molar-refractivity contribution in [2.75, 3.05) is 0 Å². The molecule has 26 heavy (non-hydrogen) atoms. The van der Waals surface area contributed by atoms with E-state index in [4.69, 9.17) is 0 Å². The molecule has 1 aromatic heterocycles. The molecule has 1 amide bonds. The minimum atomic E-state index is -0.453. The lowest BCUT2D eigenvalue weighted by atomic mass is 10.1. The molecule has 0 aliphatic rings. The second kappa shape index (κ2) is 7.78. The molecule has 1 unspecified atom stereocenters. The summed E-state index contributed by atoms with van der Waals surface area (Å²) in [6.07, 6.45) is 1.53. The second-order valence-electron chi connectivity index (χ2n) is 5.97. The molecule has 0 aliphatic heterocycles. The third kappa shape index (κ3) is 3.99. The zero-order valence-electron chi connectivity index (χ0n) is 14.1. The molecule has 0 aliphatic carbocycles. The van der Waals surface area contributed by atoms with Gasteiger partial charge in [-0.15, -0.1) is 0 Å². The van der Waals surface area contributed by atoms with Gasteiger partial charge in [-0.3, -0.25) is 14.2 Å². The molecular weight excluding hydrogens is 401 g/mol. The van der Waals surface area contributed by atoms with Gasteiger partial charge in [-0.2, -0.15) is 0 Å². The number of aromatic nitrogens is 2. The van der Waals surface area contributed by atoms with E-state index >= 15 is 0 Å². The van der Waals surface area contributed by atoms with Crippen LogP contribution < -0.4 is 10.9 Å². The van der Waals surface area contributed by atoms with Crippen molar-refractivity contribution in [3.05, 3.63) is 75.0 Å². The average molecular weight is 418 g/mol. The third-order valence-corrected chi connectivity index (χ3v) is 4.61. The summed E-state index contributed by atoms with van der Waals surface area (Å²) in [6, 6.07) is 11.1. The van der Waals surface area contributed by atoms with Crippen molar-refractivity contribution in [2.24, 2.45) is 0 Å². The van der Waals surface area contributed by atoms with Crippen molar-refractivity contribution in [1.82, 2.24) is 14.9 Å². The van der Waals surface area contributed by atoms with Gasteiger partial charge in [0.2, 0.25) is 5.91 Å². The summed E-state index contributed by atoms with van der Waals surface area (Å²) in [5.74, 6) is -0.622. The van der Waals surface area contributed by atoms with Gasteiger partial charge in [0, 0.05) is 23.0 Å². The maximum absolute atomic E-state index is 13.8. The Morgan fingerprint density at radius 2 is 2.08 bits per heavy atom. The first kappa shape index (κ1) is 18.3. The number of nitrogens with one attached hydrogen (secondary N) is 1. The number of amides is 1. The lowest BCUT2D eigenvalue weighted by molar-refractivity contribution is -0.122. The number of aryl methyl sites for hydroxylation is 1. The van der Waals surface area contributed by atoms with Crippen molar-refractivity contribution in [3.63, 3.8) is 0 Å². The van der Waals surface area contributed by atoms with Gasteiger partial charge in [-0.25, -0.2) is 9.37 Å². The summed E-state index contributed by atoms with van der Waals surface area (Å²) in [7, 11) is 0. The molecule has 1 atom stereocenters. The van der Waals surface area contributed by atoms with E-state index in [1.165, 1.54) is 17.0 Å². The number of fused-ring (bicyclic) bond motifs is 1. The molecule has 7 heteroatoms. The van der Waals surface area contributed by atoms with E-state index in [-0.39, 0.29) is 30.2 Å². The number of nitrogens with zero attached hydrogens (tertiary/aromatic N) is 2. The van der Waals surface area contributed by atoms with Gasteiger partial charge in [0.1, 0.15) is 5.82 Å². The molecule has 1 N–H and O–H groups in total. The first-order valence-corrected chi connectivity index (χ1v) is 8.93. The van der Waals surface area contributed by atoms with Gasteiger partial charge < -0.3 is 5.32 Å². The van der Waals surface area contributed by atoms with Crippen LogP contribution in [0.4, 0.5) is 4.39 Å². The standard InChI is InChI=1S/C19H17BrFN3O2/c1-12(14-4-2-3-5-16(14)21)23-18(25)8-9-24-11-22-17-7-6-13(20)10-15(17)19(24)26/h2-7,10-12H,8-9H2,1H3,(H,23,25). The maximum Gasteiger partial charge on any atom is 0.261 e. The normalized spacial score (nSPS) is 12.1. The van der Waals surface area contributed by atoms with E-state index in [0.29, 0.717) is 16.5 Å². The Balaban J connectivity index is 1.68. The number of hydrogen-bond donors (Lipinski definition) is 1. The highest BCUT2D eigenvalue weighted by atomic mass is 79.9. The van der Waals surface area contributed by atoms with Gasteiger partial charge in [0.05, 0.1) is 23.3 Å². The highest BCUT2D eigenvalue weighted by molar-refractivity contribution is 9.10. The Morgan fingerprint density at radius 3 is 2.85 bits per heavy atom. The number of carbonyl (C=O) groups excluding carboxylic acids is 1. The smallest absolute Gasteiger partial charge is 0.261 e. The summed E-state index contributed by atoms with van der Waals surface area (Å²) in [4.78, 5) is 28.9. The molecule has 0 spiro atoms. The van der Waals surface area contributed by atoms with Crippen LogP contribution in [-0.2, 0) is 11.3 Å². The van der Waals surface area contributed by atoms with Crippen molar-refractivity contribution >= 4 is 32.7 Å². The highest BCUT2D eigenvalue weighted by Crippen LogP contribution is 2.16. The number of carbonyl (C=O) groups is 1. The fraction of sp³-hybridized carbons (Fsp3) is 0.211. The van der Waals surface area contributed by atoms with Crippen LogP contribution in [0, 0.1) is 5.82 Å². The first-order chi connectivity index (χ1) is 12.5. The largest absolute Gasteiger partial charge is 0.349 e. The molecule has 1 heterocycles. The van der Waals surface area contributed by atoms with Gasteiger partial charge >= 0.3 is 0 Å². The predicted octanol–water partition coefficient (Wildman–Crippen LogP) is 3.57. The van der Waals surface area contributed by atoms with Gasteiger partial charge in [0.25, 0.3) is 5.56 Å². The minimum absolute atomic E-state index is 0.0971. The van der Waals surface area contributed by atoms with Crippen LogP contribution >= 0.6 is 15.9 Å². The van der Waals surface area contributed by atoms with E-state index in [0.717, 1.165) is 4.47 Å². The van der Waals surface area contributed by atoms with Crippen LogP contribution in [0.5, 0.6) is 0 Å². The SMILES string of the molecule is CC(NC(=O)CCn1cnc2ccc(Br)cc2c1=O)c1ccccc1F. The summed E-state index contributed by atoms with van der Waals surface area (Å²) in [5.41, 5.74) is 0.827. The fourth-order valence-corrected chi connectivity index (χ4v) is 3.09. The van der Waals surface area contributed by atoms with Crippen LogP contribution in [0.15, 0.2) is 58.1 Å². The van der Waals surface area contributed by atoms with E-state index in [1.807, 2.05) is 6.07 Å². The quantitative estimate of drug-likeness (QED) is 0.689. The first-order valence-electron chi connectivity index (χ1n) is 8.14. The molecule has 0 fully saturated rings. The lowest BCUT2D eigenvalue weighted by Gasteiger charge is -2.15. The van der Waals surface area contributed by atoms with E-state index in [1.54, 1.807) is 37.3 Å². The van der Waals surface area contributed by atoms with Crippen LogP contribution in [-0.4, -0.2) is 15.5 Å². The van der Waals surface area contributed by atoms with Crippen molar-refractivity contribution < 1.29 is 9.18 Å². The van der Waals surface area contributed by atoms with Crippen LogP contribution in [0.25, 0.3) is 10.9 Å². The zero-order valence-corrected chi connectivity index (χ0v) is 15.7. The molecule has 2 aromatic carbocycles. The molecule has 0 bridgehead atoms. The van der Waals surface area contributed by atoms with Gasteiger partial charge in [-0.1, -0.05) is 34.1 Å². The topological polar surface area (TPSA) is 64.0 Å². The summed E-state index contributed by atoms with van der Waals surface area (Å²) >= 11 is 3.34. The lowest BCUT2D eigenvalue weighted by Crippen LogP contribution is -2.30. The van der Waals surface area contributed by atoms with Gasteiger partial charge in [-0.05, 0) is 31.2 Å². The molecule has 5 nitrogen and oxygen atoms in total. The van der Waals surface area contributed by atoms with Gasteiger partial charge in [0.15, 0.2) is 0 Å². The third-order valence-electron chi connectivity index (χ3n) is 4.12. The molecule has 134 valence electrons. The average Bonchev–Trinajstić information content (AvgIpc) is 2.62. The Hall–Kier alpha value is -2.54. The molecule has 0 saturated carbocycles. The van der Waals surface area contributed by atoms with E-state index in [9.17, 15) is 14.0 Å². The Morgan fingerprint density at radius 1 is 1.31 bits per heavy atom. The van der Waals surface area contributed by atoms with E-state index in [2.05, 4.69) is 26.2 Å². The molecule has 3 rings (SSSR count). The molecule has 3 aromatic rings. The zero-order chi connectivity index (χ0) is 18.7. The Labute approximate surface area is 158 Å². The Bertz CT molecular complexity index is 1020. The fourth-order valence-electron chi connectivity index (χ4n) is 2.73. The summed E-state index contributed by atoms with van der Waals surface area (Å²) in [6.45, 7) is 1.92.